The fraction of sp³-hybridized carbons (Fsp3) is 0.533. The van der Waals surface area contributed by atoms with Gasteiger partial charge in [0, 0.05) is 13.7 Å². The van der Waals surface area contributed by atoms with Crippen molar-refractivity contribution in [3.8, 4) is 5.75 Å². The summed E-state index contributed by atoms with van der Waals surface area (Å²) >= 11 is 0. The molecule has 21 heavy (non-hydrogen) atoms. The van der Waals surface area contributed by atoms with Gasteiger partial charge in [0.25, 0.3) is 0 Å². The summed E-state index contributed by atoms with van der Waals surface area (Å²) in [6, 6.07) is 6.38. The zero-order chi connectivity index (χ0) is 15.8. The van der Waals surface area contributed by atoms with Gasteiger partial charge in [-0.05, 0) is 31.5 Å². The average molecular weight is 296 g/mol. The molecular weight excluding hydrogens is 272 g/mol. The van der Waals surface area contributed by atoms with Crippen molar-refractivity contribution in [2.24, 2.45) is 5.73 Å². The monoisotopic (exact) mass is 296 g/mol. The standard InChI is InChI=1S/C15H24N2O4/c1-10(2)21-12-6-4-11(5-7-12)14(18)8-17-15(19)13(16)9-20-3/h4-7,10,13-14,18H,8-9,16H2,1-3H3,(H,17,19). The fourth-order valence-electron chi connectivity index (χ4n) is 1.74. The van der Waals surface area contributed by atoms with E-state index in [9.17, 15) is 9.90 Å². The number of carbonyl (C=O) groups excluding carboxylic acids is 1. The zero-order valence-corrected chi connectivity index (χ0v) is 12.7. The van der Waals surface area contributed by atoms with Gasteiger partial charge in [-0.1, -0.05) is 12.1 Å². The van der Waals surface area contributed by atoms with Gasteiger partial charge >= 0.3 is 0 Å². The molecule has 6 heteroatoms. The fourth-order valence-corrected chi connectivity index (χ4v) is 1.74. The lowest BCUT2D eigenvalue weighted by Crippen LogP contribution is -2.44. The van der Waals surface area contributed by atoms with Crippen LogP contribution in [0.1, 0.15) is 25.5 Å². The third kappa shape index (κ3) is 6.12. The molecule has 6 nitrogen and oxygen atoms in total. The van der Waals surface area contributed by atoms with Gasteiger partial charge in [-0.2, -0.15) is 0 Å². The third-order valence-corrected chi connectivity index (χ3v) is 2.79. The highest BCUT2D eigenvalue weighted by Crippen LogP contribution is 2.18. The predicted octanol–water partition coefficient (Wildman–Crippen LogP) is 0.597. The van der Waals surface area contributed by atoms with Crippen LogP contribution in [0.15, 0.2) is 24.3 Å². The molecule has 0 bridgehead atoms. The normalized spacial score (nSPS) is 13.8. The van der Waals surface area contributed by atoms with Gasteiger partial charge in [-0.25, -0.2) is 0 Å². The molecule has 1 rings (SSSR count). The SMILES string of the molecule is COCC(N)C(=O)NCC(O)c1ccc(OC(C)C)cc1. The third-order valence-electron chi connectivity index (χ3n) is 2.79. The van der Waals surface area contributed by atoms with Crippen LogP contribution in [0.25, 0.3) is 0 Å². The number of aliphatic hydroxyl groups excluding tert-OH is 1. The van der Waals surface area contributed by atoms with Gasteiger partial charge in [0.1, 0.15) is 11.8 Å². The van der Waals surface area contributed by atoms with Crippen molar-refractivity contribution in [1.82, 2.24) is 5.32 Å². The van der Waals surface area contributed by atoms with Crippen LogP contribution >= 0.6 is 0 Å². The Morgan fingerprint density at radius 2 is 1.95 bits per heavy atom. The van der Waals surface area contributed by atoms with Gasteiger partial charge in [0.05, 0.1) is 18.8 Å². The number of hydrogen-bond donors (Lipinski definition) is 3. The molecule has 2 atom stereocenters. The topological polar surface area (TPSA) is 93.8 Å². The molecule has 0 aliphatic carbocycles. The van der Waals surface area contributed by atoms with Crippen molar-refractivity contribution < 1.29 is 19.4 Å². The first-order valence-corrected chi connectivity index (χ1v) is 6.91. The lowest BCUT2D eigenvalue weighted by Gasteiger charge is -2.16. The smallest absolute Gasteiger partial charge is 0.239 e. The number of amides is 1. The van der Waals surface area contributed by atoms with E-state index >= 15 is 0 Å². The molecular formula is C15H24N2O4. The highest BCUT2D eigenvalue weighted by atomic mass is 16.5. The molecule has 1 aromatic rings. The lowest BCUT2D eigenvalue weighted by atomic mass is 10.1. The number of aliphatic hydroxyl groups is 1. The molecule has 0 aromatic heterocycles. The molecule has 118 valence electrons. The molecule has 0 heterocycles. The number of nitrogens with one attached hydrogen (secondary N) is 1. The van der Waals surface area contributed by atoms with Crippen LogP contribution in [0.2, 0.25) is 0 Å². The molecule has 1 amide bonds. The summed E-state index contributed by atoms with van der Waals surface area (Å²) in [5.74, 6) is 0.391. The van der Waals surface area contributed by atoms with Gasteiger partial charge in [0.2, 0.25) is 5.91 Å². The first kappa shape index (κ1) is 17.4. The second kappa shape index (κ2) is 8.61. The largest absolute Gasteiger partial charge is 0.491 e. The van der Waals surface area contributed by atoms with Crippen molar-refractivity contribution in [3.05, 3.63) is 29.8 Å². The van der Waals surface area contributed by atoms with Crippen molar-refractivity contribution in [3.63, 3.8) is 0 Å². The summed E-state index contributed by atoms with van der Waals surface area (Å²) < 4.78 is 10.3. The molecule has 0 fully saturated rings. The molecule has 1 aromatic carbocycles. The van der Waals surface area contributed by atoms with E-state index in [0.29, 0.717) is 5.56 Å². The molecule has 0 saturated heterocycles. The van der Waals surface area contributed by atoms with E-state index in [1.54, 1.807) is 24.3 Å². The van der Waals surface area contributed by atoms with Crippen LogP contribution in [0.4, 0.5) is 0 Å². The highest BCUT2D eigenvalue weighted by Gasteiger charge is 2.15. The number of ether oxygens (including phenoxy) is 2. The van der Waals surface area contributed by atoms with Gasteiger partial charge in [-0.15, -0.1) is 0 Å². The lowest BCUT2D eigenvalue weighted by molar-refractivity contribution is -0.123. The van der Waals surface area contributed by atoms with E-state index in [-0.39, 0.29) is 25.2 Å². The van der Waals surface area contributed by atoms with Gasteiger partial charge in [-0.3, -0.25) is 4.79 Å². The number of hydrogen-bond acceptors (Lipinski definition) is 5. The first-order valence-electron chi connectivity index (χ1n) is 6.91. The minimum Gasteiger partial charge on any atom is -0.491 e. The summed E-state index contributed by atoms with van der Waals surface area (Å²) in [5, 5.41) is 12.6. The summed E-state index contributed by atoms with van der Waals surface area (Å²) in [7, 11) is 1.47. The van der Waals surface area contributed by atoms with Crippen molar-refractivity contribution in [1.29, 1.82) is 0 Å². The highest BCUT2D eigenvalue weighted by molar-refractivity contribution is 5.81. The van der Waals surface area contributed by atoms with E-state index in [1.165, 1.54) is 7.11 Å². The van der Waals surface area contributed by atoms with E-state index in [4.69, 9.17) is 15.2 Å². The number of benzene rings is 1. The summed E-state index contributed by atoms with van der Waals surface area (Å²) in [4.78, 5) is 11.6. The van der Waals surface area contributed by atoms with Gasteiger partial charge < -0.3 is 25.6 Å². The van der Waals surface area contributed by atoms with Crippen molar-refractivity contribution in [2.45, 2.75) is 32.1 Å². The Morgan fingerprint density at radius 3 is 2.48 bits per heavy atom. The van der Waals surface area contributed by atoms with Crippen LogP contribution in [0.3, 0.4) is 0 Å². The van der Waals surface area contributed by atoms with Crippen LogP contribution in [0.5, 0.6) is 5.75 Å². The molecule has 4 N–H and O–H groups in total. The van der Waals surface area contributed by atoms with Crippen LogP contribution in [-0.2, 0) is 9.53 Å². The van der Waals surface area contributed by atoms with Gasteiger partial charge in [0.15, 0.2) is 0 Å². The number of nitrogens with two attached hydrogens (primary N) is 1. The van der Waals surface area contributed by atoms with E-state index in [0.717, 1.165) is 5.75 Å². The Kier molecular flexibility index (Phi) is 7.14. The maximum absolute atomic E-state index is 11.6. The second-order valence-corrected chi connectivity index (χ2v) is 5.06. The Hall–Kier alpha value is -1.63. The maximum atomic E-state index is 11.6. The van der Waals surface area contributed by atoms with E-state index < -0.39 is 12.1 Å². The molecule has 0 aliphatic rings. The Balaban J connectivity index is 2.48. The molecule has 0 spiro atoms. The van der Waals surface area contributed by atoms with Crippen LogP contribution in [0, 0.1) is 0 Å². The maximum Gasteiger partial charge on any atom is 0.239 e. The Bertz CT molecular complexity index is 434. The molecule has 2 unspecified atom stereocenters. The Morgan fingerprint density at radius 1 is 1.33 bits per heavy atom. The number of methoxy groups -OCH3 is 1. The second-order valence-electron chi connectivity index (χ2n) is 5.06. The predicted molar refractivity (Wildman–Crippen MR) is 80.0 cm³/mol. The minimum atomic E-state index is -0.795. The van der Waals surface area contributed by atoms with Crippen LogP contribution < -0.4 is 15.8 Å². The first-order chi connectivity index (χ1) is 9.93. The molecule has 0 aliphatic heterocycles. The number of rotatable bonds is 8. The average Bonchev–Trinajstić information content (AvgIpc) is 2.44. The minimum absolute atomic E-state index is 0.0978. The molecule has 0 radical (unpaired) electrons. The summed E-state index contributed by atoms with van der Waals surface area (Å²) in [5.41, 5.74) is 6.28. The van der Waals surface area contributed by atoms with Crippen molar-refractivity contribution in [2.75, 3.05) is 20.3 Å². The molecule has 0 saturated carbocycles. The Labute approximate surface area is 125 Å². The van der Waals surface area contributed by atoms with Crippen LogP contribution in [-0.4, -0.2) is 43.4 Å². The quantitative estimate of drug-likeness (QED) is 0.653. The van der Waals surface area contributed by atoms with Crippen molar-refractivity contribution >= 4 is 5.91 Å². The zero-order valence-electron chi connectivity index (χ0n) is 12.7. The number of carbonyl (C=O) groups is 1. The van der Waals surface area contributed by atoms with E-state index in [2.05, 4.69) is 5.32 Å². The van der Waals surface area contributed by atoms with E-state index in [1.807, 2.05) is 13.8 Å². The summed E-state index contributed by atoms with van der Waals surface area (Å²) in [6.07, 6.45) is -0.695. The summed E-state index contributed by atoms with van der Waals surface area (Å²) in [6.45, 7) is 4.13.